The van der Waals surface area contributed by atoms with E-state index in [1.165, 1.54) is 29.4 Å². The molecule has 146 valence electrons. The third kappa shape index (κ3) is 2.35. The van der Waals surface area contributed by atoms with E-state index in [2.05, 4.69) is 11.0 Å². The Bertz CT molecular complexity index is 1090. The van der Waals surface area contributed by atoms with Crippen LogP contribution in [0.4, 0.5) is 0 Å². The summed E-state index contributed by atoms with van der Waals surface area (Å²) in [6, 6.07) is 8.52. The molecule has 0 radical (unpaired) electrons. The van der Waals surface area contributed by atoms with E-state index in [1.807, 2.05) is 18.2 Å². The van der Waals surface area contributed by atoms with Gasteiger partial charge in [0, 0.05) is 18.0 Å². The van der Waals surface area contributed by atoms with Gasteiger partial charge in [-0.15, -0.1) is 0 Å². The van der Waals surface area contributed by atoms with Gasteiger partial charge in [0.05, 0.1) is 21.3 Å². The van der Waals surface area contributed by atoms with E-state index in [9.17, 15) is 5.11 Å². The van der Waals surface area contributed by atoms with Crippen molar-refractivity contribution in [3.05, 3.63) is 35.4 Å². The zero-order chi connectivity index (χ0) is 19.4. The molecule has 0 saturated carbocycles. The SMILES string of the molecule is COc1cc2c(cc1O)c1c(c3ccc(OC)c(OC)c32)CC2CCCN2C1. The summed E-state index contributed by atoms with van der Waals surface area (Å²) < 4.78 is 16.8. The van der Waals surface area contributed by atoms with Crippen molar-refractivity contribution in [2.45, 2.75) is 31.8 Å². The molecule has 2 heterocycles. The van der Waals surface area contributed by atoms with Gasteiger partial charge >= 0.3 is 0 Å². The molecule has 1 saturated heterocycles. The molecule has 5 heteroatoms. The first-order valence-electron chi connectivity index (χ1n) is 9.79. The quantitative estimate of drug-likeness (QED) is 0.690. The highest BCUT2D eigenvalue weighted by Gasteiger charge is 2.33. The van der Waals surface area contributed by atoms with Crippen molar-refractivity contribution >= 4 is 21.5 Å². The van der Waals surface area contributed by atoms with Gasteiger partial charge in [-0.05, 0) is 71.3 Å². The molecule has 0 aromatic heterocycles. The molecule has 0 bridgehead atoms. The summed E-state index contributed by atoms with van der Waals surface area (Å²) in [7, 11) is 4.92. The van der Waals surface area contributed by atoms with Gasteiger partial charge in [0.1, 0.15) is 0 Å². The van der Waals surface area contributed by atoms with Crippen LogP contribution in [0.15, 0.2) is 24.3 Å². The molecular weight excluding hydrogens is 354 g/mol. The number of phenolic OH excluding ortho intramolecular Hbond substituents is 1. The Morgan fingerprint density at radius 3 is 2.50 bits per heavy atom. The lowest BCUT2D eigenvalue weighted by atomic mass is 9.85. The smallest absolute Gasteiger partial charge is 0.169 e. The predicted molar refractivity (Wildman–Crippen MR) is 110 cm³/mol. The van der Waals surface area contributed by atoms with Crippen LogP contribution in [-0.2, 0) is 13.0 Å². The molecule has 0 aliphatic carbocycles. The summed E-state index contributed by atoms with van der Waals surface area (Å²) in [5, 5.41) is 14.8. The molecule has 3 aromatic carbocycles. The van der Waals surface area contributed by atoms with Crippen LogP contribution in [0.3, 0.4) is 0 Å². The van der Waals surface area contributed by atoms with Crippen LogP contribution in [0.25, 0.3) is 21.5 Å². The molecule has 28 heavy (non-hydrogen) atoms. The third-order valence-electron chi connectivity index (χ3n) is 6.45. The normalized spacial score (nSPS) is 18.9. The van der Waals surface area contributed by atoms with E-state index < -0.39 is 0 Å². The van der Waals surface area contributed by atoms with Crippen molar-refractivity contribution in [2.24, 2.45) is 0 Å². The second kappa shape index (κ2) is 6.45. The molecule has 1 atom stereocenters. The maximum atomic E-state index is 10.5. The number of hydrogen-bond acceptors (Lipinski definition) is 5. The van der Waals surface area contributed by atoms with Gasteiger partial charge < -0.3 is 19.3 Å². The first-order chi connectivity index (χ1) is 13.7. The molecule has 0 spiro atoms. The third-order valence-corrected chi connectivity index (χ3v) is 6.45. The molecule has 1 unspecified atom stereocenters. The summed E-state index contributed by atoms with van der Waals surface area (Å²) in [6.45, 7) is 2.07. The van der Waals surface area contributed by atoms with Crippen LogP contribution in [0, 0.1) is 0 Å². The van der Waals surface area contributed by atoms with Crippen molar-refractivity contribution in [2.75, 3.05) is 27.9 Å². The average molecular weight is 379 g/mol. The van der Waals surface area contributed by atoms with E-state index in [-0.39, 0.29) is 5.75 Å². The minimum Gasteiger partial charge on any atom is -0.504 e. The lowest BCUT2D eigenvalue weighted by Gasteiger charge is -2.33. The van der Waals surface area contributed by atoms with E-state index in [0.29, 0.717) is 17.5 Å². The van der Waals surface area contributed by atoms with Crippen LogP contribution in [-0.4, -0.2) is 43.9 Å². The highest BCUT2D eigenvalue weighted by molar-refractivity contribution is 6.15. The Morgan fingerprint density at radius 2 is 1.75 bits per heavy atom. The number of ether oxygens (including phenoxy) is 3. The number of phenols is 1. The molecular formula is C23H25NO4. The zero-order valence-electron chi connectivity index (χ0n) is 16.5. The van der Waals surface area contributed by atoms with Crippen molar-refractivity contribution < 1.29 is 19.3 Å². The maximum absolute atomic E-state index is 10.5. The maximum Gasteiger partial charge on any atom is 0.169 e. The second-order valence-electron chi connectivity index (χ2n) is 7.72. The fourth-order valence-electron chi connectivity index (χ4n) is 5.15. The van der Waals surface area contributed by atoms with E-state index in [1.54, 1.807) is 21.3 Å². The molecule has 5 nitrogen and oxygen atoms in total. The van der Waals surface area contributed by atoms with Crippen LogP contribution in [0.2, 0.25) is 0 Å². The van der Waals surface area contributed by atoms with Crippen LogP contribution < -0.4 is 14.2 Å². The Hall–Kier alpha value is -2.66. The number of rotatable bonds is 3. The topological polar surface area (TPSA) is 51.2 Å². The monoisotopic (exact) mass is 379 g/mol. The largest absolute Gasteiger partial charge is 0.504 e. The summed E-state index contributed by atoms with van der Waals surface area (Å²) in [4.78, 5) is 2.58. The standard InChI is InChI=1S/C23H25NO4/c1-26-20-7-6-14-15-9-13-5-4-8-24(13)12-18(15)16-10-19(25)21(27-2)11-17(16)22(14)23(20)28-3/h6-7,10-11,13,25H,4-5,8-9,12H2,1-3H3. The predicted octanol–water partition coefficient (Wildman–Crippen LogP) is 4.24. The summed E-state index contributed by atoms with van der Waals surface area (Å²) >= 11 is 0. The van der Waals surface area contributed by atoms with Gasteiger partial charge in [0.15, 0.2) is 23.0 Å². The summed E-state index contributed by atoms with van der Waals surface area (Å²) in [5.41, 5.74) is 2.68. The van der Waals surface area contributed by atoms with Gasteiger partial charge in [-0.3, -0.25) is 4.90 Å². The average Bonchev–Trinajstić information content (AvgIpc) is 3.18. The van der Waals surface area contributed by atoms with Crippen LogP contribution in [0.5, 0.6) is 23.0 Å². The van der Waals surface area contributed by atoms with Crippen LogP contribution in [0.1, 0.15) is 24.0 Å². The van der Waals surface area contributed by atoms with Gasteiger partial charge in [-0.1, -0.05) is 6.07 Å². The minimum absolute atomic E-state index is 0.168. The fraction of sp³-hybridized carbons (Fsp3) is 0.391. The number of nitrogens with zero attached hydrogens (tertiary/aromatic N) is 1. The molecule has 1 fully saturated rings. The molecule has 2 aliphatic rings. The number of methoxy groups -OCH3 is 3. The number of aromatic hydroxyl groups is 1. The lowest BCUT2D eigenvalue weighted by Crippen LogP contribution is -2.35. The molecule has 5 rings (SSSR count). The Labute approximate surface area is 164 Å². The van der Waals surface area contributed by atoms with E-state index in [4.69, 9.17) is 14.2 Å². The Morgan fingerprint density at radius 1 is 0.929 bits per heavy atom. The van der Waals surface area contributed by atoms with Crippen molar-refractivity contribution in [3.8, 4) is 23.0 Å². The van der Waals surface area contributed by atoms with Crippen molar-refractivity contribution in [1.29, 1.82) is 0 Å². The number of fused-ring (bicyclic) bond motifs is 7. The minimum atomic E-state index is 0.168. The first kappa shape index (κ1) is 17.4. The van der Waals surface area contributed by atoms with E-state index in [0.717, 1.165) is 41.4 Å². The zero-order valence-corrected chi connectivity index (χ0v) is 16.5. The Balaban J connectivity index is 1.94. The highest BCUT2D eigenvalue weighted by atomic mass is 16.5. The lowest BCUT2D eigenvalue weighted by molar-refractivity contribution is 0.229. The van der Waals surface area contributed by atoms with Gasteiger partial charge in [-0.2, -0.15) is 0 Å². The second-order valence-corrected chi connectivity index (χ2v) is 7.72. The Kier molecular flexibility index (Phi) is 4.02. The van der Waals surface area contributed by atoms with Gasteiger partial charge in [-0.25, -0.2) is 0 Å². The molecule has 1 N–H and O–H groups in total. The molecule has 3 aromatic rings. The fourth-order valence-corrected chi connectivity index (χ4v) is 5.15. The van der Waals surface area contributed by atoms with Gasteiger partial charge in [0.2, 0.25) is 0 Å². The first-order valence-corrected chi connectivity index (χ1v) is 9.79. The summed E-state index contributed by atoms with van der Waals surface area (Å²) in [6.07, 6.45) is 3.54. The summed E-state index contributed by atoms with van der Waals surface area (Å²) in [5.74, 6) is 2.08. The molecule has 0 amide bonds. The van der Waals surface area contributed by atoms with Crippen molar-refractivity contribution in [3.63, 3.8) is 0 Å². The molecule has 2 aliphatic heterocycles. The number of benzene rings is 3. The van der Waals surface area contributed by atoms with Gasteiger partial charge in [0.25, 0.3) is 0 Å². The highest BCUT2D eigenvalue weighted by Crippen LogP contribution is 2.47. The van der Waals surface area contributed by atoms with Crippen molar-refractivity contribution in [1.82, 2.24) is 4.90 Å². The number of hydrogen-bond donors (Lipinski definition) is 1. The van der Waals surface area contributed by atoms with E-state index >= 15 is 0 Å². The van der Waals surface area contributed by atoms with Crippen LogP contribution >= 0.6 is 0 Å².